The lowest BCUT2D eigenvalue weighted by atomic mass is 9.89. The number of nitrogens with zero attached hydrogens (tertiary/aromatic N) is 1. The summed E-state index contributed by atoms with van der Waals surface area (Å²) in [5.41, 5.74) is 1.57. The fourth-order valence-electron chi connectivity index (χ4n) is 1.32. The van der Waals surface area contributed by atoms with Gasteiger partial charge in [0.15, 0.2) is 0 Å². The molecule has 0 spiro atoms. The maximum Gasteiger partial charge on any atom is 0.231 e. The molecule has 1 aromatic rings. The van der Waals surface area contributed by atoms with E-state index in [-0.39, 0.29) is 11.3 Å². The van der Waals surface area contributed by atoms with Crippen molar-refractivity contribution < 1.29 is 4.79 Å². The van der Waals surface area contributed by atoms with E-state index in [1.807, 2.05) is 47.6 Å². The van der Waals surface area contributed by atoms with Gasteiger partial charge in [0, 0.05) is 15.2 Å². The molecule has 1 N–H and O–H groups in total. The molecule has 1 heterocycles. The van der Waals surface area contributed by atoms with Crippen molar-refractivity contribution in [3.05, 3.63) is 21.8 Å². The van der Waals surface area contributed by atoms with Gasteiger partial charge in [0.25, 0.3) is 0 Å². The summed E-state index contributed by atoms with van der Waals surface area (Å²) in [5, 5.41) is 3.53. The van der Waals surface area contributed by atoms with Crippen LogP contribution in [0.4, 0.5) is 5.82 Å². The van der Waals surface area contributed by atoms with Crippen LogP contribution in [0.15, 0.2) is 10.5 Å². The molecule has 3 nitrogen and oxygen atoms in total. The van der Waals surface area contributed by atoms with Crippen LogP contribution in [-0.4, -0.2) is 10.9 Å². The van der Waals surface area contributed by atoms with Gasteiger partial charge < -0.3 is 5.32 Å². The number of hydrogen-bond acceptors (Lipinski definition) is 2. The summed E-state index contributed by atoms with van der Waals surface area (Å²) < 4.78 is 0.979. The SMILES string of the molecule is CC.CCC(C)(C)C(=O)Nc1cc(C)c(Br)c(CBr)n1. The van der Waals surface area contributed by atoms with E-state index in [0.717, 1.165) is 22.2 Å². The lowest BCUT2D eigenvalue weighted by Crippen LogP contribution is -2.30. The quantitative estimate of drug-likeness (QED) is 0.674. The maximum absolute atomic E-state index is 12.1. The van der Waals surface area contributed by atoms with E-state index < -0.39 is 0 Å². The highest BCUT2D eigenvalue weighted by molar-refractivity contribution is 9.10. The normalized spacial score (nSPS) is 10.6. The maximum atomic E-state index is 12.1. The monoisotopic (exact) mass is 406 g/mol. The second kappa shape index (κ2) is 8.78. The van der Waals surface area contributed by atoms with E-state index in [9.17, 15) is 4.79 Å². The van der Waals surface area contributed by atoms with Gasteiger partial charge in [-0.3, -0.25) is 4.79 Å². The summed E-state index contributed by atoms with van der Waals surface area (Å²) in [6.45, 7) is 11.8. The van der Waals surface area contributed by atoms with Crippen LogP contribution >= 0.6 is 31.9 Å². The summed E-state index contributed by atoms with van der Waals surface area (Å²) in [4.78, 5) is 16.5. The Labute approximate surface area is 139 Å². The third-order valence-electron chi connectivity index (χ3n) is 3.07. The average Bonchev–Trinajstić information content (AvgIpc) is 2.44. The zero-order chi connectivity index (χ0) is 15.9. The number of anilines is 1. The number of nitrogens with one attached hydrogen (secondary N) is 1. The molecule has 0 saturated heterocycles. The molecule has 0 fully saturated rings. The Balaban J connectivity index is 0.00000172. The molecule has 0 aliphatic heterocycles. The van der Waals surface area contributed by atoms with Crippen molar-refractivity contribution in [2.24, 2.45) is 5.41 Å². The first-order chi connectivity index (χ1) is 9.31. The fourth-order valence-corrected chi connectivity index (χ4v) is 2.45. The molecular formula is C15H24Br2N2O. The van der Waals surface area contributed by atoms with Crippen molar-refractivity contribution in [2.45, 2.75) is 53.3 Å². The Kier molecular flexibility index (Phi) is 8.59. The molecule has 1 rings (SSSR count). The number of halogens is 2. The van der Waals surface area contributed by atoms with Crippen LogP contribution in [0, 0.1) is 12.3 Å². The highest BCUT2D eigenvalue weighted by atomic mass is 79.9. The molecule has 1 aromatic heterocycles. The van der Waals surface area contributed by atoms with E-state index in [2.05, 4.69) is 42.2 Å². The predicted octanol–water partition coefficient (Wildman–Crippen LogP) is 5.45. The van der Waals surface area contributed by atoms with Gasteiger partial charge in [-0.25, -0.2) is 4.98 Å². The van der Waals surface area contributed by atoms with Crippen LogP contribution in [-0.2, 0) is 10.1 Å². The molecule has 114 valence electrons. The zero-order valence-corrected chi connectivity index (χ0v) is 16.3. The first kappa shape index (κ1) is 19.6. The molecule has 0 aliphatic carbocycles. The summed E-state index contributed by atoms with van der Waals surface area (Å²) in [6.07, 6.45) is 0.791. The molecule has 5 heteroatoms. The first-order valence-corrected chi connectivity index (χ1v) is 8.76. The number of carbonyl (C=O) groups is 1. The second-order valence-electron chi connectivity index (χ2n) is 4.91. The lowest BCUT2D eigenvalue weighted by Gasteiger charge is -2.21. The van der Waals surface area contributed by atoms with E-state index in [4.69, 9.17) is 0 Å². The van der Waals surface area contributed by atoms with Crippen LogP contribution in [0.3, 0.4) is 0 Å². The molecule has 0 atom stereocenters. The number of amides is 1. The molecule has 0 aromatic carbocycles. The number of aryl methyl sites for hydroxylation is 1. The summed E-state index contributed by atoms with van der Waals surface area (Å²) in [7, 11) is 0. The molecule has 0 saturated carbocycles. The number of carbonyl (C=O) groups excluding carboxylic acids is 1. The van der Waals surface area contributed by atoms with Crippen molar-refractivity contribution >= 4 is 43.6 Å². The number of rotatable bonds is 4. The van der Waals surface area contributed by atoms with Crippen molar-refractivity contribution in [3.8, 4) is 0 Å². The Bertz CT molecular complexity index is 459. The van der Waals surface area contributed by atoms with Crippen LogP contribution in [0.5, 0.6) is 0 Å². The van der Waals surface area contributed by atoms with Gasteiger partial charge in [0.05, 0.1) is 5.69 Å². The summed E-state index contributed by atoms with van der Waals surface area (Å²) in [6, 6.07) is 1.87. The number of hydrogen-bond donors (Lipinski definition) is 1. The highest BCUT2D eigenvalue weighted by Gasteiger charge is 2.25. The Morgan fingerprint density at radius 2 is 1.95 bits per heavy atom. The molecule has 0 aliphatic rings. The highest BCUT2D eigenvalue weighted by Crippen LogP contribution is 2.26. The fraction of sp³-hybridized carbons (Fsp3) is 0.600. The van der Waals surface area contributed by atoms with Crippen LogP contribution in [0.1, 0.15) is 52.3 Å². The number of aromatic nitrogens is 1. The number of alkyl halides is 1. The van der Waals surface area contributed by atoms with Gasteiger partial charge in [-0.05, 0) is 40.9 Å². The van der Waals surface area contributed by atoms with Crippen molar-refractivity contribution in [2.75, 3.05) is 5.32 Å². The predicted molar refractivity (Wildman–Crippen MR) is 93.4 cm³/mol. The molecular weight excluding hydrogens is 384 g/mol. The van der Waals surface area contributed by atoms with Gasteiger partial charge in [0.2, 0.25) is 5.91 Å². The van der Waals surface area contributed by atoms with E-state index in [0.29, 0.717) is 11.1 Å². The minimum Gasteiger partial charge on any atom is -0.310 e. The van der Waals surface area contributed by atoms with Gasteiger partial charge in [-0.1, -0.05) is 50.5 Å². The minimum atomic E-state index is -0.378. The van der Waals surface area contributed by atoms with Crippen molar-refractivity contribution in [1.82, 2.24) is 4.98 Å². The second-order valence-corrected chi connectivity index (χ2v) is 6.26. The third-order valence-corrected chi connectivity index (χ3v) is 4.69. The smallest absolute Gasteiger partial charge is 0.231 e. The Hall–Kier alpha value is -0.420. The van der Waals surface area contributed by atoms with Crippen LogP contribution in [0.25, 0.3) is 0 Å². The van der Waals surface area contributed by atoms with Gasteiger partial charge >= 0.3 is 0 Å². The Morgan fingerprint density at radius 3 is 2.40 bits per heavy atom. The molecule has 20 heavy (non-hydrogen) atoms. The molecule has 1 amide bonds. The lowest BCUT2D eigenvalue weighted by molar-refractivity contribution is -0.124. The molecule has 0 unspecified atom stereocenters. The minimum absolute atomic E-state index is 0.000236. The van der Waals surface area contributed by atoms with Crippen LogP contribution < -0.4 is 5.32 Å². The van der Waals surface area contributed by atoms with E-state index >= 15 is 0 Å². The third kappa shape index (κ3) is 5.17. The largest absolute Gasteiger partial charge is 0.310 e. The Morgan fingerprint density at radius 1 is 1.40 bits per heavy atom. The van der Waals surface area contributed by atoms with Gasteiger partial charge in [-0.15, -0.1) is 0 Å². The summed E-state index contributed by atoms with van der Waals surface area (Å²) in [5.74, 6) is 0.608. The number of pyridine rings is 1. The van der Waals surface area contributed by atoms with Gasteiger partial charge in [-0.2, -0.15) is 0 Å². The topological polar surface area (TPSA) is 42.0 Å². The molecule has 0 bridgehead atoms. The van der Waals surface area contributed by atoms with Crippen molar-refractivity contribution in [3.63, 3.8) is 0 Å². The standard InChI is InChI=1S/C13H18Br2N2O.C2H6/c1-5-13(3,4)12(18)17-10-6-8(2)11(15)9(7-14)16-10;1-2/h6H,5,7H2,1-4H3,(H,16,17,18);1-2H3. The van der Waals surface area contributed by atoms with E-state index in [1.165, 1.54) is 0 Å². The van der Waals surface area contributed by atoms with Crippen LogP contribution in [0.2, 0.25) is 0 Å². The summed E-state index contributed by atoms with van der Waals surface area (Å²) >= 11 is 6.88. The first-order valence-electron chi connectivity index (χ1n) is 6.85. The average molecular weight is 408 g/mol. The van der Waals surface area contributed by atoms with E-state index in [1.54, 1.807) is 0 Å². The van der Waals surface area contributed by atoms with Crippen molar-refractivity contribution in [1.29, 1.82) is 0 Å². The zero-order valence-electron chi connectivity index (χ0n) is 13.1. The molecule has 0 radical (unpaired) electrons. The van der Waals surface area contributed by atoms with Gasteiger partial charge in [0.1, 0.15) is 5.82 Å².